The van der Waals surface area contributed by atoms with Gasteiger partial charge in [0, 0.05) is 6.42 Å². The van der Waals surface area contributed by atoms with Crippen molar-refractivity contribution in [2.75, 3.05) is 19.5 Å². The van der Waals surface area contributed by atoms with Crippen LogP contribution in [0.1, 0.15) is 32.6 Å². The predicted molar refractivity (Wildman–Crippen MR) is 80.1 cm³/mol. The number of unbranched alkanes of at least 4 members (excludes halogenated alkanes) is 2. The molecule has 0 unspecified atom stereocenters. The van der Waals surface area contributed by atoms with Crippen LogP contribution in [0.15, 0.2) is 29.2 Å². The Morgan fingerprint density at radius 3 is 2.62 bits per heavy atom. The van der Waals surface area contributed by atoms with Crippen molar-refractivity contribution in [1.29, 1.82) is 0 Å². The van der Waals surface area contributed by atoms with Gasteiger partial charge in [-0.25, -0.2) is 8.42 Å². The van der Waals surface area contributed by atoms with E-state index in [0.717, 1.165) is 0 Å². The van der Waals surface area contributed by atoms with Crippen LogP contribution in [0.5, 0.6) is 5.75 Å². The average Bonchev–Trinajstić information content (AvgIpc) is 2.47. The van der Waals surface area contributed by atoms with E-state index >= 15 is 0 Å². The molecule has 21 heavy (non-hydrogen) atoms. The fourth-order valence-corrected chi connectivity index (χ4v) is 3.29. The minimum atomic E-state index is -3.30. The normalized spacial score (nSPS) is 11.1. The molecule has 0 spiro atoms. The zero-order valence-electron chi connectivity index (χ0n) is 12.5. The van der Waals surface area contributed by atoms with Crippen LogP contribution in [-0.4, -0.2) is 33.9 Å². The summed E-state index contributed by atoms with van der Waals surface area (Å²) in [5.74, 6) is 0.370. The molecule has 0 saturated heterocycles. The first-order valence-corrected chi connectivity index (χ1v) is 8.67. The molecule has 0 heterocycles. The molecule has 1 aromatic rings. The van der Waals surface area contributed by atoms with Crippen LogP contribution in [0.4, 0.5) is 0 Å². The molecule has 0 amide bonds. The van der Waals surface area contributed by atoms with E-state index in [1.54, 1.807) is 25.1 Å². The molecule has 0 saturated carbocycles. The van der Waals surface area contributed by atoms with Gasteiger partial charge in [-0.2, -0.15) is 0 Å². The fraction of sp³-hybridized carbons (Fsp3) is 0.533. The molecule has 0 aliphatic carbocycles. The van der Waals surface area contributed by atoms with E-state index in [2.05, 4.69) is 0 Å². The lowest BCUT2D eigenvalue weighted by molar-refractivity contribution is -0.143. The summed E-state index contributed by atoms with van der Waals surface area (Å²) in [6.07, 6.45) is 2.19. The lowest BCUT2D eigenvalue weighted by Gasteiger charge is -2.06. The first kappa shape index (κ1) is 17.5. The van der Waals surface area contributed by atoms with Gasteiger partial charge in [-0.15, -0.1) is 0 Å². The second-order valence-electron chi connectivity index (χ2n) is 4.61. The van der Waals surface area contributed by atoms with Crippen molar-refractivity contribution in [2.45, 2.75) is 37.5 Å². The van der Waals surface area contributed by atoms with Crippen LogP contribution in [0, 0.1) is 0 Å². The standard InChI is InChI=1S/C15H22O5S/c1-3-20-15(16)10-5-4-6-11-21(17,18)14-9-7-8-13(12-14)19-2/h7-9,12H,3-6,10-11H2,1-2H3. The summed E-state index contributed by atoms with van der Waals surface area (Å²) in [6.45, 7) is 2.14. The maximum atomic E-state index is 12.2. The summed E-state index contributed by atoms with van der Waals surface area (Å²) in [5.41, 5.74) is 0. The van der Waals surface area contributed by atoms with Gasteiger partial charge in [-0.05, 0) is 38.0 Å². The lowest BCUT2D eigenvalue weighted by Crippen LogP contribution is -2.08. The molecular weight excluding hydrogens is 292 g/mol. The summed E-state index contributed by atoms with van der Waals surface area (Å²) in [4.78, 5) is 11.4. The first-order valence-electron chi connectivity index (χ1n) is 7.02. The summed E-state index contributed by atoms with van der Waals surface area (Å²) >= 11 is 0. The highest BCUT2D eigenvalue weighted by Crippen LogP contribution is 2.19. The number of benzene rings is 1. The Morgan fingerprint density at radius 2 is 1.95 bits per heavy atom. The molecule has 6 heteroatoms. The zero-order chi connectivity index (χ0) is 15.7. The van der Waals surface area contributed by atoms with E-state index in [9.17, 15) is 13.2 Å². The predicted octanol–water partition coefficient (Wildman–Crippen LogP) is 2.59. The Labute approximate surface area is 126 Å². The maximum absolute atomic E-state index is 12.2. The molecule has 1 aromatic carbocycles. The molecule has 118 valence electrons. The highest BCUT2D eigenvalue weighted by atomic mass is 32.2. The molecule has 0 aromatic heterocycles. The molecule has 0 aliphatic heterocycles. The summed E-state index contributed by atoms with van der Waals surface area (Å²) in [7, 11) is -1.80. The maximum Gasteiger partial charge on any atom is 0.305 e. The molecule has 0 N–H and O–H groups in total. The number of hydrogen-bond acceptors (Lipinski definition) is 5. The largest absolute Gasteiger partial charge is 0.497 e. The van der Waals surface area contributed by atoms with E-state index in [-0.39, 0.29) is 16.6 Å². The van der Waals surface area contributed by atoms with Gasteiger partial charge in [0.25, 0.3) is 0 Å². The Morgan fingerprint density at radius 1 is 1.19 bits per heavy atom. The van der Waals surface area contributed by atoms with Crippen molar-refractivity contribution in [2.24, 2.45) is 0 Å². The van der Waals surface area contributed by atoms with Gasteiger partial charge in [-0.1, -0.05) is 12.5 Å². The van der Waals surface area contributed by atoms with Gasteiger partial charge in [0.05, 0.1) is 24.4 Å². The minimum Gasteiger partial charge on any atom is -0.497 e. The van der Waals surface area contributed by atoms with Gasteiger partial charge in [0.2, 0.25) is 0 Å². The topological polar surface area (TPSA) is 69.7 Å². The second-order valence-corrected chi connectivity index (χ2v) is 6.72. The van der Waals surface area contributed by atoms with Crippen LogP contribution in [-0.2, 0) is 19.4 Å². The molecule has 0 bridgehead atoms. The van der Waals surface area contributed by atoms with E-state index < -0.39 is 9.84 Å². The third kappa shape index (κ3) is 6.16. The van der Waals surface area contributed by atoms with E-state index in [0.29, 0.717) is 38.0 Å². The van der Waals surface area contributed by atoms with Crippen LogP contribution >= 0.6 is 0 Å². The molecule has 5 nitrogen and oxygen atoms in total. The Hall–Kier alpha value is -1.56. The van der Waals surface area contributed by atoms with Crippen molar-refractivity contribution in [3.05, 3.63) is 24.3 Å². The second kappa shape index (κ2) is 8.67. The van der Waals surface area contributed by atoms with E-state index in [4.69, 9.17) is 9.47 Å². The Kier molecular flexibility index (Phi) is 7.22. The molecule has 0 radical (unpaired) electrons. The number of hydrogen-bond donors (Lipinski definition) is 0. The number of carbonyl (C=O) groups excluding carboxylic acids is 1. The van der Waals surface area contributed by atoms with E-state index in [1.807, 2.05) is 0 Å². The van der Waals surface area contributed by atoms with Crippen molar-refractivity contribution >= 4 is 15.8 Å². The van der Waals surface area contributed by atoms with Crippen LogP contribution < -0.4 is 4.74 Å². The molecule has 0 atom stereocenters. The smallest absolute Gasteiger partial charge is 0.305 e. The minimum absolute atomic E-state index is 0.0724. The van der Waals surface area contributed by atoms with Gasteiger partial charge >= 0.3 is 5.97 Å². The van der Waals surface area contributed by atoms with Crippen molar-refractivity contribution in [3.63, 3.8) is 0 Å². The van der Waals surface area contributed by atoms with Gasteiger partial charge < -0.3 is 9.47 Å². The molecule has 1 rings (SSSR count). The lowest BCUT2D eigenvalue weighted by atomic mass is 10.2. The third-order valence-electron chi connectivity index (χ3n) is 3.00. The number of esters is 1. The van der Waals surface area contributed by atoms with Crippen molar-refractivity contribution in [1.82, 2.24) is 0 Å². The third-order valence-corrected chi connectivity index (χ3v) is 4.80. The number of ether oxygens (including phenoxy) is 2. The van der Waals surface area contributed by atoms with Gasteiger partial charge in [-0.3, -0.25) is 4.79 Å². The number of sulfone groups is 1. The quantitative estimate of drug-likeness (QED) is 0.517. The molecular formula is C15H22O5S. The van der Waals surface area contributed by atoms with Crippen molar-refractivity contribution in [3.8, 4) is 5.75 Å². The van der Waals surface area contributed by atoms with Crippen LogP contribution in [0.2, 0.25) is 0 Å². The van der Waals surface area contributed by atoms with Crippen LogP contribution in [0.3, 0.4) is 0 Å². The number of rotatable bonds is 9. The summed E-state index contributed by atoms with van der Waals surface area (Å²) in [5, 5.41) is 0. The highest BCUT2D eigenvalue weighted by molar-refractivity contribution is 7.91. The van der Waals surface area contributed by atoms with Crippen molar-refractivity contribution < 1.29 is 22.7 Å². The SMILES string of the molecule is CCOC(=O)CCCCCS(=O)(=O)c1cccc(OC)c1. The highest BCUT2D eigenvalue weighted by Gasteiger charge is 2.14. The van der Waals surface area contributed by atoms with Gasteiger partial charge in [0.15, 0.2) is 9.84 Å². The monoisotopic (exact) mass is 314 g/mol. The van der Waals surface area contributed by atoms with Gasteiger partial charge in [0.1, 0.15) is 5.75 Å². The van der Waals surface area contributed by atoms with Crippen LogP contribution in [0.25, 0.3) is 0 Å². The van der Waals surface area contributed by atoms with E-state index in [1.165, 1.54) is 13.2 Å². The summed E-state index contributed by atoms with van der Waals surface area (Å²) in [6, 6.07) is 6.45. The fourth-order valence-electron chi connectivity index (χ4n) is 1.88. The number of carbonyl (C=O) groups is 1. The zero-order valence-corrected chi connectivity index (χ0v) is 13.3. The Bertz CT molecular complexity index is 551. The Balaban J connectivity index is 2.41. The molecule has 0 fully saturated rings. The summed E-state index contributed by atoms with van der Waals surface area (Å²) < 4.78 is 34.1. The molecule has 0 aliphatic rings. The average molecular weight is 314 g/mol. The first-order chi connectivity index (χ1) is 9.99. The number of methoxy groups -OCH3 is 1.